The lowest BCUT2D eigenvalue weighted by Crippen LogP contribution is -2.40. The number of benzene rings is 2. The second kappa shape index (κ2) is 9.25. The molecule has 0 aliphatic carbocycles. The van der Waals surface area contributed by atoms with Crippen molar-refractivity contribution in [1.82, 2.24) is 19.4 Å². The molecule has 1 saturated heterocycles. The van der Waals surface area contributed by atoms with Gasteiger partial charge in [-0.25, -0.2) is 4.98 Å². The Hall–Kier alpha value is -3.36. The number of morpholine rings is 1. The van der Waals surface area contributed by atoms with Gasteiger partial charge >= 0.3 is 0 Å². The third-order valence-corrected chi connectivity index (χ3v) is 6.34. The number of carbonyl (C=O) groups is 2. The standard InChI is InChI=1S/C25H26N4O4/c30-23-18-6-1-2-7-19(18)24(31)29(23)11-5-10-22-26-21-9-4-3-8-20(21)25(32)28(22)13-12-27-14-16-33-17-15-27/h1-4,6-9H,5,10-17H2. The molecule has 0 N–H and O–H groups in total. The number of rotatable bonds is 7. The molecule has 0 atom stereocenters. The zero-order chi connectivity index (χ0) is 22.8. The summed E-state index contributed by atoms with van der Waals surface area (Å²) in [6, 6.07) is 14.3. The van der Waals surface area contributed by atoms with E-state index in [1.54, 1.807) is 34.9 Å². The van der Waals surface area contributed by atoms with Gasteiger partial charge < -0.3 is 4.74 Å². The molecule has 0 bridgehead atoms. The summed E-state index contributed by atoms with van der Waals surface area (Å²) in [5.41, 5.74) is 1.52. The quantitative estimate of drug-likeness (QED) is 0.516. The molecule has 0 radical (unpaired) electrons. The van der Waals surface area contributed by atoms with Gasteiger partial charge in [0.25, 0.3) is 17.4 Å². The van der Waals surface area contributed by atoms with Gasteiger partial charge in [0.05, 0.1) is 35.2 Å². The van der Waals surface area contributed by atoms with Crippen molar-refractivity contribution in [3.8, 4) is 0 Å². The Morgan fingerprint density at radius 3 is 2.21 bits per heavy atom. The van der Waals surface area contributed by atoms with Gasteiger partial charge in [-0.1, -0.05) is 24.3 Å². The highest BCUT2D eigenvalue weighted by molar-refractivity contribution is 6.21. The summed E-state index contributed by atoms with van der Waals surface area (Å²) >= 11 is 0. The second-order valence-corrected chi connectivity index (χ2v) is 8.37. The second-order valence-electron chi connectivity index (χ2n) is 8.37. The molecule has 170 valence electrons. The summed E-state index contributed by atoms with van der Waals surface area (Å²) in [5.74, 6) is 0.169. The zero-order valence-electron chi connectivity index (χ0n) is 18.4. The van der Waals surface area contributed by atoms with Crippen molar-refractivity contribution in [1.29, 1.82) is 0 Å². The van der Waals surface area contributed by atoms with E-state index < -0.39 is 0 Å². The van der Waals surface area contributed by atoms with Crippen molar-refractivity contribution >= 4 is 22.7 Å². The van der Waals surface area contributed by atoms with Crippen LogP contribution in [0.1, 0.15) is 33.0 Å². The van der Waals surface area contributed by atoms with Crippen LogP contribution in [0.2, 0.25) is 0 Å². The van der Waals surface area contributed by atoms with Crippen molar-refractivity contribution in [2.24, 2.45) is 0 Å². The number of nitrogens with zero attached hydrogens (tertiary/aromatic N) is 4. The number of carbonyl (C=O) groups excluding carboxylic acids is 2. The number of para-hydroxylation sites is 1. The smallest absolute Gasteiger partial charge is 0.261 e. The number of aromatic nitrogens is 2. The van der Waals surface area contributed by atoms with E-state index in [1.807, 2.05) is 18.2 Å². The zero-order valence-corrected chi connectivity index (χ0v) is 18.4. The third kappa shape index (κ3) is 4.19. The molecule has 8 heteroatoms. The third-order valence-electron chi connectivity index (χ3n) is 6.34. The van der Waals surface area contributed by atoms with E-state index in [1.165, 1.54) is 4.90 Å². The van der Waals surface area contributed by atoms with E-state index in [4.69, 9.17) is 9.72 Å². The number of hydrogen-bond acceptors (Lipinski definition) is 6. The summed E-state index contributed by atoms with van der Waals surface area (Å²) < 4.78 is 7.17. The van der Waals surface area contributed by atoms with Crippen LogP contribution < -0.4 is 5.56 Å². The van der Waals surface area contributed by atoms with Crippen molar-refractivity contribution in [2.45, 2.75) is 19.4 Å². The Morgan fingerprint density at radius 1 is 0.818 bits per heavy atom. The first-order valence-corrected chi connectivity index (χ1v) is 11.4. The Bertz CT molecular complexity index is 1230. The van der Waals surface area contributed by atoms with Crippen LogP contribution in [0.5, 0.6) is 0 Å². The van der Waals surface area contributed by atoms with Crippen molar-refractivity contribution in [3.05, 3.63) is 75.8 Å². The maximum atomic E-state index is 13.3. The maximum absolute atomic E-state index is 13.3. The molecule has 1 aromatic heterocycles. The number of ether oxygens (including phenoxy) is 1. The normalized spacial score (nSPS) is 16.5. The van der Waals surface area contributed by atoms with Crippen LogP contribution >= 0.6 is 0 Å². The fourth-order valence-corrected chi connectivity index (χ4v) is 4.54. The van der Waals surface area contributed by atoms with Crippen molar-refractivity contribution in [3.63, 3.8) is 0 Å². The van der Waals surface area contributed by atoms with Gasteiger partial charge in [0.1, 0.15) is 5.82 Å². The van der Waals surface area contributed by atoms with Gasteiger partial charge in [-0.15, -0.1) is 0 Å². The molecule has 0 saturated carbocycles. The van der Waals surface area contributed by atoms with E-state index in [0.29, 0.717) is 67.0 Å². The van der Waals surface area contributed by atoms with Gasteiger partial charge in [0.2, 0.25) is 0 Å². The minimum absolute atomic E-state index is 0.0513. The summed E-state index contributed by atoms with van der Waals surface area (Å²) in [7, 11) is 0. The number of fused-ring (bicyclic) bond motifs is 2. The van der Waals surface area contributed by atoms with Crippen molar-refractivity contribution < 1.29 is 14.3 Å². The molecule has 33 heavy (non-hydrogen) atoms. The highest BCUT2D eigenvalue weighted by Crippen LogP contribution is 2.22. The van der Waals surface area contributed by atoms with Crippen LogP contribution in [-0.2, 0) is 17.7 Å². The summed E-state index contributed by atoms with van der Waals surface area (Å²) in [5, 5.41) is 0.601. The number of aryl methyl sites for hydroxylation is 1. The fourth-order valence-electron chi connectivity index (χ4n) is 4.54. The molecule has 1 fully saturated rings. The predicted molar refractivity (Wildman–Crippen MR) is 123 cm³/mol. The molecule has 2 amide bonds. The summed E-state index contributed by atoms with van der Waals surface area (Å²) in [4.78, 5) is 46.9. The number of amides is 2. The van der Waals surface area contributed by atoms with E-state index in [-0.39, 0.29) is 17.4 Å². The highest BCUT2D eigenvalue weighted by atomic mass is 16.5. The lowest BCUT2D eigenvalue weighted by molar-refractivity contribution is 0.0361. The lowest BCUT2D eigenvalue weighted by Gasteiger charge is -2.27. The fraction of sp³-hybridized carbons (Fsp3) is 0.360. The molecular formula is C25H26N4O4. The van der Waals surface area contributed by atoms with Gasteiger partial charge in [0, 0.05) is 39.1 Å². The molecule has 2 aliphatic rings. The number of imide groups is 1. The van der Waals surface area contributed by atoms with Gasteiger partial charge in [-0.05, 0) is 30.7 Å². The Kier molecular flexibility index (Phi) is 6.02. The van der Waals surface area contributed by atoms with Gasteiger partial charge in [0.15, 0.2) is 0 Å². The van der Waals surface area contributed by atoms with E-state index in [9.17, 15) is 14.4 Å². The van der Waals surface area contributed by atoms with E-state index in [2.05, 4.69) is 4.90 Å². The van der Waals surface area contributed by atoms with Crippen molar-refractivity contribution in [2.75, 3.05) is 39.4 Å². The van der Waals surface area contributed by atoms with Gasteiger partial charge in [-0.2, -0.15) is 0 Å². The minimum atomic E-state index is -0.258. The van der Waals surface area contributed by atoms with E-state index in [0.717, 1.165) is 19.6 Å². The largest absolute Gasteiger partial charge is 0.379 e. The predicted octanol–water partition coefficient (Wildman–Crippen LogP) is 1.96. The minimum Gasteiger partial charge on any atom is -0.379 e. The summed E-state index contributed by atoms with van der Waals surface area (Å²) in [6.07, 6.45) is 1.03. The Morgan fingerprint density at radius 2 is 1.48 bits per heavy atom. The molecular weight excluding hydrogens is 420 g/mol. The highest BCUT2D eigenvalue weighted by Gasteiger charge is 2.34. The number of hydrogen-bond donors (Lipinski definition) is 0. The first-order valence-electron chi connectivity index (χ1n) is 11.4. The van der Waals surface area contributed by atoms with Crippen LogP contribution in [0.25, 0.3) is 10.9 Å². The topological polar surface area (TPSA) is 84.7 Å². The molecule has 2 aromatic carbocycles. The monoisotopic (exact) mass is 446 g/mol. The summed E-state index contributed by atoms with van der Waals surface area (Å²) in [6.45, 7) is 4.69. The first-order chi connectivity index (χ1) is 16.1. The van der Waals surface area contributed by atoms with Crippen LogP contribution in [0.4, 0.5) is 0 Å². The molecule has 3 aromatic rings. The van der Waals surface area contributed by atoms with Crippen LogP contribution in [0.15, 0.2) is 53.3 Å². The SMILES string of the molecule is O=C1c2ccccc2C(=O)N1CCCc1nc2ccccc2c(=O)n1CCN1CCOCC1. The molecule has 0 unspecified atom stereocenters. The average molecular weight is 447 g/mol. The lowest BCUT2D eigenvalue weighted by atomic mass is 10.1. The molecule has 5 rings (SSSR count). The van der Waals surface area contributed by atoms with Crippen LogP contribution in [0, 0.1) is 0 Å². The average Bonchev–Trinajstić information content (AvgIpc) is 3.09. The molecule has 8 nitrogen and oxygen atoms in total. The van der Waals surface area contributed by atoms with Crippen LogP contribution in [-0.4, -0.2) is 70.6 Å². The van der Waals surface area contributed by atoms with E-state index >= 15 is 0 Å². The molecule has 2 aliphatic heterocycles. The first kappa shape index (κ1) is 21.5. The maximum Gasteiger partial charge on any atom is 0.261 e. The Balaban J connectivity index is 1.34. The molecule has 0 spiro atoms. The van der Waals surface area contributed by atoms with Gasteiger partial charge in [-0.3, -0.25) is 28.8 Å². The van der Waals surface area contributed by atoms with Crippen LogP contribution in [0.3, 0.4) is 0 Å². The molecule has 3 heterocycles. The Labute approximate surface area is 191 Å².